The zero-order valence-electron chi connectivity index (χ0n) is 8.81. The molecule has 1 aromatic heterocycles. The second-order valence-electron chi connectivity index (χ2n) is 3.17. The van der Waals surface area contributed by atoms with Gasteiger partial charge >= 0.3 is 0 Å². The third-order valence-electron chi connectivity index (χ3n) is 1.84. The van der Waals surface area contributed by atoms with E-state index in [4.69, 9.17) is 5.73 Å². The molecule has 1 unspecified atom stereocenters. The minimum absolute atomic E-state index is 0.314. The van der Waals surface area contributed by atoms with E-state index in [0.717, 1.165) is 5.01 Å². The van der Waals surface area contributed by atoms with Crippen molar-refractivity contribution >= 4 is 17.3 Å². The summed E-state index contributed by atoms with van der Waals surface area (Å²) >= 11 is 1.64. The molecule has 82 valence electrons. The van der Waals surface area contributed by atoms with Crippen molar-refractivity contribution in [2.45, 2.75) is 12.8 Å². The maximum Gasteiger partial charge on any atom is 0.188 e. The first-order chi connectivity index (χ1) is 7.24. The minimum atomic E-state index is 0.314. The molecule has 1 heterocycles. The third-order valence-corrected chi connectivity index (χ3v) is 2.84. The van der Waals surface area contributed by atoms with Crippen LogP contribution in [0.2, 0.25) is 0 Å². The number of aromatic nitrogens is 1. The fourth-order valence-electron chi connectivity index (χ4n) is 1.02. The van der Waals surface area contributed by atoms with Crippen molar-refractivity contribution in [1.29, 1.82) is 0 Å². The summed E-state index contributed by atoms with van der Waals surface area (Å²) in [6.45, 7) is 6.97. The lowest BCUT2D eigenvalue weighted by atomic mass is 10.2. The van der Waals surface area contributed by atoms with Gasteiger partial charge in [-0.3, -0.25) is 4.99 Å². The lowest BCUT2D eigenvalue weighted by Crippen LogP contribution is -2.32. The van der Waals surface area contributed by atoms with E-state index in [1.807, 2.05) is 5.38 Å². The molecule has 1 atom stereocenters. The van der Waals surface area contributed by atoms with E-state index in [-0.39, 0.29) is 0 Å². The predicted molar refractivity (Wildman–Crippen MR) is 65.2 cm³/mol. The summed E-state index contributed by atoms with van der Waals surface area (Å²) in [4.78, 5) is 8.45. The first kappa shape index (κ1) is 11.7. The van der Waals surface area contributed by atoms with Gasteiger partial charge in [-0.1, -0.05) is 13.0 Å². The van der Waals surface area contributed by atoms with Crippen LogP contribution in [0.15, 0.2) is 29.2 Å². The highest BCUT2D eigenvalue weighted by Gasteiger charge is 2.06. The topological polar surface area (TPSA) is 63.3 Å². The van der Waals surface area contributed by atoms with Gasteiger partial charge in [0.05, 0.1) is 11.6 Å². The average Bonchev–Trinajstić information content (AvgIpc) is 2.76. The predicted octanol–water partition coefficient (Wildman–Crippen LogP) is 1.34. The summed E-state index contributed by atoms with van der Waals surface area (Å²) in [6, 6.07) is 0. The summed E-state index contributed by atoms with van der Waals surface area (Å²) in [6.07, 6.45) is 3.55. The van der Waals surface area contributed by atoms with E-state index in [9.17, 15) is 0 Å². The molecule has 15 heavy (non-hydrogen) atoms. The SMILES string of the molecule is C=CCNC(N)=NCC(C)c1nccs1. The van der Waals surface area contributed by atoms with Crippen molar-refractivity contribution in [3.05, 3.63) is 29.2 Å². The van der Waals surface area contributed by atoms with Crippen LogP contribution in [-0.4, -0.2) is 24.0 Å². The molecule has 1 aromatic rings. The summed E-state index contributed by atoms with van der Waals surface area (Å²) in [5.74, 6) is 0.771. The first-order valence-corrected chi connectivity index (χ1v) is 5.66. The Bertz CT molecular complexity index is 318. The fraction of sp³-hybridized carbons (Fsp3) is 0.400. The number of thiazole rings is 1. The molecule has 5 heteroatoms. The van der Waals surface area contributed by atoms with Crippen LogP contribution in [-0.2, 0) is 0 Å². The number of nitrogens with zero attached hydrogens (tertiary/aromatic N) is 2. The number of rotatable bonds is 5. The van der Waals surface area contributed by atoms with Crippen LogP contribution in [0.5, 0.6) is 0 Å². The van der Waals surface area contributed by atoms with Gasteiger partial charge in [0, 0.05) is 24.0 Å². The standard InChI is InChI=1S/C10H16N4S/c1-3-4-13-10(11)14-7-8(2)9-12-5-6-15-9/h3,5-6,8H,1,4,7H2,2H3,(H3,11,13,14). The second-order valence-corrected chi connectivity index (χ2v) is 4.09. The van der Waals surface area contributed by atoms with E-state index in [1.54, 1.807) is 23.6 Å². The number of aliphatic imine (C=N–C) groups is 1. The highest BCUT2D eigenvalue weighted by atomic mass is 32.1. The molecule has 0 aliphatic rings. The Labute approximate surface area is 93.9 Å². The van der Waals surface area contributed by atoms with E-state index in [0.29, 0.717) is 25.0 Å². The van der Waals surface area contributed by atoms with Crippen molar-refractivity contribution in [2.75, 3.05) is 13.1 Å². The molecule has 0 fully saturated rings. The Morgan fingerprint density at radius 2 is 2.67 bits per heavy atom. The van der Waals surface area contributed by atoms with E-state index in [2.05, 4.69) is 28.8 Å². The quantitative estimate of drug-likeness (QED) is 0.450. The number of guanidine groups is 1. The molecule has 0 saturated heterocycles. The van der Waals surface area contributed by atoms with Crippen molar-refractivity contribution in [3.8, 4) is 0 Å². The highest BCUT2D eigenvalue weighted by Crippen LogP contribution is 2.17. The molecule has 3 N–H and O–H groups in total. The fourth-order valence-corrected chi connectivity index (χ4v) is 1.71. The lowest BCUT2D eigenvalue weighted by molar-refractivity contribution is 0.761. The number of hydrogen-bond acceptors (Lipinski definition) is 3. The van der Waals surface area contributed by atoms with Gasteiger partial charge in [-0.05, 0) is 0 Å². The molecule has 0 aromatic carbocycles. The molecule has 0 radical (unpaired) electrons. The lowest BCUT2D eigenvalue weighted by Gasteiger charge is -2.06. The molecule has 0 aliphatic carbocycles. The molecular formula is C10H16N4S. The summed E-state index contributed by atoms with van der Waals surface area (Å²) < 4.78 is 0. The Morgan fingerprint density at radius 3 is 3.27 bits per heavy atom. The molecule has 0 bridgehead atoms. The van der Waals surface area contributed by atoms with E-state index < -0.39 is 0 Å². The number of nitrogens with one attached hydrogen (secondary N) is 1. The van der Waals surface area contributed by atoms with Crippen molar-refractivity contribution in [2.24, 2.45) is 10.7 Å². The first-order valence-electron chi connectivity index (χ1n) is 4.78. The normalized spacial score (nSPS) is 13.5. The van der Waals surface area contributed by atoms with Crippen LogP contribution < -0.4 is 11.1 Å². The molecule has 0 aliphatic heterocycles. The molecule has 0 amide bonds. The van der Waals surface area contributed by atoms with E-state index >= 15 is 0 Å². The van der Waals surface area contributed by atoms with Gasteiger partial charge in [0.15, 0.2) is 5.96 Å². The van der Waals surface area contributed by atoms with Crippen molar-refractivity contribution < 1.29 is 0 Å². The minimum Gasteiger partial charge on any atom is -0.370 e. The Kier molecular flexibility index (Phi) is 4.83. The van der Waals surface area contributed by atoms with Crippen LogP contribution >= 0.6 is 11.3 Å². The Morgan fingerprint density at radius 1 is 1.87 bits per heavy atom. The molecular weight excluding hydrogens is 208 g/mol. The molecule has 1 rings (SSSR count). The number of hydrogen-bond donors (Lipinski definition) is 2. The van der Waals surface area contributed by atoms with Crippen LogP contribution in [0.1, 0.15) is 17.8 Å². The summed E-state index contributed by atoms with van der Waals surface area (Å²) in [5.41, 5.74) is 5.64. The van der Waals surface area contributed by atoms with Crippen LogP contribution in [0.25, 0.3) is 0 Å². The summed E-state index contributed by atoms with van der Waals surface area (Å²) in [5, 5.41) is 5.99. The van der Waals surface area contributed by atoms with Gasteiger partial charge in [0.2, 0.25) is 0 Å². The zero-order chi connectivity index (χ0) is 11.1. The van der Waals surface area contributed by atoms with Gasteiger partial charge in [0.1, 0.15) is 0 Å². The van der Waals surface area contributed by atoms with Gasteiger partial charge < -0.3 is 11.1 Å². The van der Waals surface area contributed by atoms with Crippen LogP contribution in [0.3, 0.4) is 0 Å². The largest absolute Gasteiger partial charge is 0.370 e. The van der Waals surface area contributed by atoms with Crippen molar-refractivity contribution in [3.63, 3.8) is 0 Å². The zero-order valence-corrected chi connectivity index (χ0v) is 9.63. The van der Waals surface area contributed by atoms with E-state index in [1.165, 1.54) is 0 Å². The Hall–Kier alpha value is -1.36. The maximum atomic E-state index is 5.64. The molecule has 4 nitrogen and oxygen atoms in total. The van der Waals surface area contributed by atoms with Gasteiger partial charge in [-0.15, -0.1) is 17.9 Å². The van der Waals surface area contributed by atoms with Crippen LogP contribution in [0.4, 0.5) is 0 Å². The summed E-state index contributed by atoms with van der Waals surface area (Å²) in [7, 11) is 0. The number of nitrogens with two attached hydrogens (primary N) is 1. The van der Waals surface area contributed by atoms with Gasteiger partial charge in [-0.25, -0.2) is 4.98 Å². The average molecular weight is 224 g/mol. The Balaban J connectivity index is 2.38. The highest BCUT2D eigenvalue weighted by molar-refractivity contribution is 7.09. The second kappa shape index (κ2) is 6.19. The van der Waals surface area contributed by atoms with Crippen LogP contribution in [0, 0.1) is 0 Å². The van der Waals surface area contributed by atoms with Gasteiger partial charge in [-0.2, -0.15) is 0 Å². The smallest absolute Gasteiger partial charge is 0.188 e. The molecule has 0 saturated carbocycles. The monoisotopic (exact) mass is 224 g/mol. The van der Waals surface area contributed by atoms with Crippen molar-refractivity contribution in [1.82, 2.24) is 10.3 Å². The molecule has 0 spiro atoms. The van der Waals surface area contributed by atoms with Gasteiger partial charge in [0.25, 0.3) is 0 Å². The third kappa shape index (κ3) is 4.12. The maximum absolute atomic E-state index is 5.64.